The number of anilines is 1. The SMILES string of the molecule is CCCc1cnc(N2CCC(C(C)Oc3nn4cc(-c5ccc(SC)cc5F)nc4s3)CC2)nc1. The fourth-order valence-electron chi connectivity index (χ4n) is 4.44. The summed E-state index contributed by atoms with van der Waals surface area (Å²) >= 11 is 2.90. The summed E-state index contributed by atoms with van der Waals surface area (Å²) in [4.78, 5) is 17.5. The number of halogens is 1. The molecule has 1 aliphatic rings. The quantitative estimate of drug-likeness (QED) is 0.279. The van der Waals surface area contributed by atoms with Gasteiger partial charge in [-0.15, -0.1) is 16.9 Å². The number of hydrogen-bond donors (Lipinski definition) is 0. The van der Waals surface area contributed by atoms with Crippen molar-refractivity contribution in [2.45, 2.75) is 50.5 Å². The number of aryl methyl sites for hydroxylation is 1. The number of piperidine rings is 1. The molecule has 7 nitrogen and oxygen atoms in total. The highest BCUT2D eigenvalue weighted by Gasteiger charge is 2.27. The Labute approximate surface area is 212 Å². The molecule has 4 heterocycles. The molecule has 4 aromatic rings. The van der Waals surface area contributed by atoms with Crippen LogP contribution >= 0.6 is 23.1 Å². The Morgan fingerprint density at radius 2 is 2.00 bits per heavy atom. The maximum atomic E-state index is 14.5. The molecule has 184 valence electrons. The highest BCUT2D eigenvalue weighted by atomic mass is 32.2. The van der Waals surface area contributed by atoms with Crippen LogP contribution in [0.15, 0.2) is 41.7 Å². The topological polar surface area (TPSA) is 68.4 Å². The van der Waals surface area contributed by atoms with E-state index in [4.69, 9.17) is 4.74 Å². The zero-order chi connectivity index (χ0) is 24.4. The number of rotatable bonds is 8. The third-order valence-corrected chi connectivity index (χ3v) is 8.02. The van der Waals surface area contributed by atoms with E-state index in [1.165, 1.54) is 34.7 Å². The van der Waals surface area contributed by atoms with Gasteiger partial charge in [-0.05, 0) is 73.5 Å². The maximum Gasteiger partial charge on any atom is 0.294 e. The van der Waals surface area contributed by atoms with Crippen molar-refractivity contribution >= 4 is 34.0 Å². The zero-order valence-electron chi connectivity index (χ0n) is 20.1. The fourth-order valence-corrected chi connectivity index (χ4v) is 5.68. The molecule has 0 amide bonds. The van der Waals surface area contributed by atoms with Gasteiger partial charge in [-0.25, -0.2) is 23.9 Å². The lowest BCUT2D eigenvalue weighted by Crippen LogP contribution is -2.39. The van der Waals surface area contributed by atoms with Crippen LogP contribution in [0.5, 0.6) is 5.19 Å². The molecule has 0 spiro atoms. The van der Waals surface area contributed by atoms with Crippen molar-refractivity contribution in [1.29, 1.82) is 0 Å². The molecule has 0 saturated carbocycles. The summed E-state index contributed by atoms with van der Waals surface area (Å²) in [5.41, 5.74) is 2.24. The van der Waals surface area contributed by atoms with Gasteiger partial charge in [0.1, 0.15) is 11.9 Å². The number of hydrogen-bond acceptors (Lipinski definition) is 8. The minimum atomic E-state index is -0.277. The summed E-state index contributed by atoms with van der Waals surface area (Å²) in [6.07, 6.45) is 11.8. The standard InChI is InChI=1S/C25H29FN6OS2/c1-4-5-17-13-27-23(28-14-17)31-10-8-18(9-11-31)16(2)33-25-30-32-15-22(29-24(32)35-25)20-7-6-19(34-3)12-21(20)26/h6-7,12-16,18H,4-5,8-11H2,1-3H3. The van der Waals surface area contributed by atoms with E-state index in [1.54, 1.807) is 16.8 Å². The van der Waals surface area contributed by atoms with Crippen LogP contribution in [0.1, 0.15) is 38.7 Å². The monoisotopic (exact) mass is 512 g/mol. The molecule has 1 saturated heterocycles. The second kappa shape index (κ2) is 10.5. The van der Waals surface area contributed by atoms with Crippen molar-refractivity contribution in [3.05, 3.63) is 48.2 Å². The molecule has 3 aromatic heterocycles. The van der Waals surface area contributed by atoms with Crippen molar-refractivity contribution in [2.24, 2.45) is 5.92 Å². The number of nitrogens with zero attached hydrogens (tertiary/aromatic N) is 6. The molecule has 0 N–H and O–H groups in total. The maximum absolute atomic E-state index is 14.5. The first-order chi connectivity index (χ1) is 17.0. The van der Waals surface area contributed by atoms with Crippen LogP contribution in [0.25, 0.3) is 16.2 Å². The van der Waals surface area contributed by atoms with Crippen LogP contribution in [-0.2, 0) is 6.42 Å². The normalized spacial score (nSPS) is 15.6. The molecule has 1 unspecified atom stereocenters. The van der Waals surface area contributed by atoms with E-state index in [9.17, 15) is 4.39 Å². The number of thioether (sulfide) groups is 1. The molecule has 1 atom stereocenters. The van der Waals surface area contributed by atoms with E-state index >= 15 is 0 Å². The molecule has 0 aliphatic carbocycles. The second-order valence-electron chi connectivity index (χ2n) is 8.86. The highest BCUT2D eigenvalue weighted by molar-refractivity contribution is 7.98. The number of imidazole rings is 1. The van der Waals surface area contributed by atoms with Crippen LogP contribution in [0.3, 0.4) is 0 Å². The minimum Gasteiger partial charge on any atom is -0.466 e. The molecule has 1 aromatic carbocycles. The lowest BCUT2D eigenvalue weighted by Gasteiger charge is -2.34. The Morgan fingerprint density at radius 1 is 1.23 bits per heavy atom. The average Bonchev–Trinajstić information content (AvgIpc) is 3.43. The first-order valence-electron chi connectivity index (χ1n) is 12.0. The predicted octanol–water partition coefficient (Wildman–Crippen LogP) is 5.75. The zero-order valence-corrected chi connectivity index (χ0v) is 21.8. The number of aromatic nitrogens is 5. The van der Waals surface area contributed by atoms with E-state index in [0.717, 1.165) is 49.6 Å². The van der Waals surface area contributed by atoms with Gasteiger partial charge in [0.25, 0.3) is 5.19 Å². The lowest BCUT2D eigenvalue weighted by molar-refractivity contribution is 0.131. The van der Waals surface area contributed by atoms with Gasteiger partial charge in [0.2, 0.25) is 10.9 Å². The Balaban J connectivity index is 1.19. The molecule has 0 radical (unpaired) electrons. The lowest BCUT2D eigenvalue weighted by atomic mass is 9.92. The molecule has 0 bridgehead atoms. The molecular formula is C25H29FN6OS2. The van der Waals surface area contributed by atoms with Gasteiger partial charge in [0.05, 0.1) is 11.9 Å². The Hall–Kier alpha value is -2.72. The Kier molecular flexibility index (Phi) is 7.19. The summed E-state index contributed by atoms with van der Waals surface area (Å²) < 4.78 is 22.4. The number of ether oxygens (including phenoxy) is 1. The third kappa shape index (κ3) is 5.28. The van der Waals surface area contributed by atoms with Crippen molar-refractivity contribution in [3.63, 3.8) is 0 Å². The first kappa shape index (κ1) is 24.0. The van der Waals surface area contributed by atoms with Crippen LogP contribution in [0, 0.1) is 11.7 Å². The van der Waals surface area contributed by atoms with Gasteiger partial charge in [-0.1, -0.05) is 13.3 Å². The fraction of sp³-hybridized carbons (Fsp3) is 0.440. The van der Waals surface area contributed by atoms with Gasteiger partial charge in [0.15, 0.2) is 0 Å². The average molecular weight is 513 g/mol. The third-order valence-electron chi connectivity index (χ3n) is 6.48. The molecule has 35 heavy (non-hydrogen) atoms. The van der Waals surface area contributed by atoms with Crippen LogP contribution in [0.2, 0.25) is 0 Å². The first-order valence-corrected chi connectivity index (χ1v) is 14.0. The predicted molar refractivity (Wildman–Crippen MR) is 139 cm³/mol. The van der Waals surface area contributed by atoms with E-state index in [2.05, 4.69) is 38.8 Å². The molecule has 5 rings (SSSR count). The number of fused-ring (bicyclic) bond motifs is 1. The van der Waals surface area contributed by atoms with E-state index in [-0.39, 0.29) is 11.9 Å². The Morgan fingerprint density at radius 3 is 2.66 bits per heavy atom. The van der Waals surface area contributed by atoms with Crippen molar-refractivity contribution in [3.8, 4) is 16.5 Å². The molecule has 1 aliphatic heterocycles. The molecule has 10 heteroatoms. The van der Waals surface area contributed by atoms with Gasteiger partial charge in [0, 0.05) is 35.9 Å². The van der Waals surface area contributed by atoms with Gasteiger partial charge >= 0.3 is 0 Å². The van der Waals surface area contributed by atoms with E-state index in [1.807, 2.05) is 24.7 Å². The van der Waals surface area contributed by atoms with Crippen LogP contribution < -0.4 is 9.64 Å². The van der Waals surface area contributed by atoms with Crippen molar-refractivity contribution in [1.82, 2.24) is 24.6 Å². The van der Waals surface area contributed by atoms with Crippen LogP contribution in [-0.4, -0.2) is 50.0 Å². The van der Waals surface area contributed by atoms with E-state index < -0.39 is 0 Å². The largest absolute Gasteiger partial charge is 0.466 e. The van der Waals surface area contributed by atoms with Crippen molar-refractivity contribution in [2.75, 3.05) is 24.2 Å². The van der Waals surface area contributed by atoms with Gasteiger partial charge in [-0.3, -0.25) is 0 Å². The molecular weight excluding hydrogens is 483 g/mol. The van der Waals surface area contributed by atoms with Crippen LogP contribution in [0.4, 0.5) is 10.3 Å². The summed E-state index contributed by atoms with van der Waals surface area (Å²) in [6, 6.07) is 5.21. The molecule has 1 fully saturated rings. The highest BCUT2D eigenvalue weighted by Crippen LogP contribution is 2.31. The second-order valence-corrected chi connectivity index (χ2v) is 10.7. The van der Waals surface area contributed by atoms with Gasteiger partial charge < -0.3 is 9.64 Å². The summed E-state index contributed by atoms with van der Waals surface area (Å²) in [5, 5.41) is 5.12. The van der Waals surface area contributed by atoms with Crippen molar-refractivity contribution < 1.29 is 9.13 Å². The summed E-state index contributed by atoms with van der Waals surface area (Å²) in [5.74, 6) is 0.969. The number of benzene rings is 1. The smallest absolute Gasteiger partial charge is 0.294 e. The summed E-state index contributed by atoms with van der Waals surface area (Å²) in [6.45, 7) is 6.10. The summed E-state index contributed by atoms with van der Waals surface area (Å²) in [7, 11) is 0. The minimum absolute atomic E-state index is 0.0388. The van der Waals surface area contributed by atoms with E-state index in [0.29, 0.717) is 27.3 Å². The van der Waals surface area contributed by atoms with Gasteiger partial charge in [-0.2, -0.15) is 0 Å². The Bertz CT molecular complexity index is 1250.